The molecule has 0 aliphatic rings. The van der Waals surface area contributed by atoms with Gasteiger partial charge in [-0.15, -0.1) is 0 Å². The van der Waals surface area contributed by atoms with Crippen LogP contribution in [-0.4, -0.2) is 15.4 Å². The van der Waals surface area contributed by atoms with Crippen LogP contribution in [0.2, 0.25) is 0 Å². The largest absolute Gasteiger partial charge is 0.319 e. The lowest BCUT2D eigenvalue weighted by molar-refractivity contribution is -0.385. The molecule has 0 atom stereocenters. The van der Waals surface area contributed by atoms with Crippen molar-refractivity contribution in [1.82, 2.24) is 4.57 Å². The van der Waals surface area contributed by atoms with Gasteiger partial charge < -0.3 is 4.57 Å². The summed E-state index contributed by atoms with van der Waals surface area (Å²) >= 11 is 1.42. The van der Waals surface area contributed by atoms with Gasteiger partial charge in [-0.2, -0.15) is 4.99 Å². The highest BCUT2D eigenvalue weighted by atomic mass is 32.1. The lowest BCUT2D eigenvalue weighted by Crippen LogP contribution is -2.12. The number of para-hydroxylation sites is 2. The molecule has 3 rings (SSSR count). The third kappa shape index (κ3) is 3.16. The molecule has 0 saturated carbocycles. The van der Waals surface area contributed by atoms with E-state index in [1.54, 1.807) is 18.2 Å². The Morgan fingerprint density at radius 1 is 1.21 bits per heavy atom. The standard InChI is InChI=1S/C17H13N3O3S/c1-19-14-8-4-5-9-15(14)24-17(19)18-16(21)11-10-12-6-2-3-7-13(12)20(22)23/h2-11H,1H3/b11-10+,18-17?. The minimum atomic E-state index is -0.479. The molecule has 1 amide bonds. The van der Waals surface area contributed by atoms with Crippen LogP contribution >= 0.6 is 11.3 Å². The maximum absolute atomic E-state index is 12.1. The van der Waals surface area contributed by atoms with Gasteiger partial charge in [0.1, 0.15) is 0 Å². The van der Waals surface area contributed by atoms with Gasteiger partial charge in [-0.1, -0.05) is 35.6 Å². The summed E-state index contributed by atoms with van der Waals surface area (Å²) in [5, 5.41) is 11.0. The first-order valence-electron chi connectivity index (χ1n) is 7.11. The van der Waals surface area contributed by atoms with Gasteiger partial charge in [-0.3, -0.25) is 14.9 Å². The van der Waals surface area contributed by atoms with Crippen LogP contribution in [-0.2, 0) is 11.8 Å². The minimum absolute atomic E-state index is 0.0473. The van der Waals surface area contributed by atoms with E-state index in [2.05, 4.69) is 4.99 Å². The van der Waals surface area contributed by atoms with Crippen molar-refractivity contribution in [3.63, 3.8) is 0 Å². The summed E-state index contributed by atoms with van der Waals surface area (Å²) < 4.78 is 2.88. The second kappa shape index (κ2) is 6.59. The summed E-state index contributed by atoms with van der Waals surface area (Å²) in [4.78, 5) is 27.2. The van der Waals surface area contributed by atoms with E-state index in [0.29, 0.717) is 10.4 Å². The molecule has 3 aromatic rings. The average molecular weight is 339 g/mol. The van der Waals surface area contributed by atoms with Crippen molar-refractivity contribution >= 4 is 39.2 Å². The second-order valence-corrected chi connectivity index (χ2v) is 6.02. The van der Waals surface area contributed by atoms with Crippen molar-refractivity contribution in [1.29, 1.82) is 0 Å². The summed E-state index contributed by atoms with van der Waals surface area (Å²) in [6.45, 7) is 0. The van der Waals surface area contributed by atoms with Crippen molar-refractivity contribution in [2.45, 2.75) is 0 Å². The number of fused-ring (bicyclic) bond motifs is 1. The third-order valence-corrected chi connectivity index (χ3v) is 4.57. The molecule has 7 heteroatoms. The molecule has 0 radical (unpaired) electrons. The van der Waals surface area contributed by atoms with Crippen LogP contribution < -0.4 is 4.80 Å². The average Bonchev–Trinajstić information content (AvgIpc) is 2.89. The van der Waals surface area contributed by atoms with Gasteiger partial charge in [0.25, 0.3) is 11.6 Å². The Morgan fingerprint density at radius 2 is 1.92 bits per heavy atom. The van der Waals surface area contributed by atoms with Crippen LogP contribution in [0.25, 0.3) is 16.3 Å². The van der Waals surface area contributed by atoms with Gasteiger partial charge in [0.15, 0.2) is 4.80 Å². The summed E-state index contributed by atoms with van der Waals surface area (Å²) in [5.74, 6) is -0.463. The van der Waals surface area contributed by atoms with E-state index in [1.165, 1.54) is 29.6 Å². The second-order valence-electron chi connectivity index (χ2n) is 5.01. The van der Waals surface area contributed by atoms with E-state index in [-0.39, 0.29) is 5.69 Å². The molecule has 1 heterocycles. The molecule has 6 nitrogen and oxygen atoms in total. The number of hydrogen-bond acceptors (Lipinski definition) is 4. The third-order valence-electron chi connectivity index (χ3n) is 3.46. The zero-order chi connectivity index (χ0) is 17.1. The first kappa shape index (κ1) is 15.8. The first-order valence-corrected chi connectivity index (χ1v) is 7.92. The number of nitrogens with zero attached hydrogens (tertiary/aromatic N) is 3. The Hall–Kier alpha value is -3.06. The highest BCUT2D eigenvalue weighted by molar-refractivity contribution is 7.16. The molecule has 0 unspecified atom stereocenters. The molecule has 0 saturated heterocycles. The van der Waals surface area contributed by atoms with Crippen LogP contribution in [0.15, 0.2) is 59.6 Å². The molecule has 1 aromatic heterocycles. The van der Waals surface area contributed by atoms with Crippen LogP contribution in [0.4, 0.5) is 5.69 Å². The number of aryl methyl sites for hydroxylation is 1. The van der Waals surface area contributed by atoms with Crippen molar-refractivity contribution in [2.75, 3.05) is 0 Å². The molecular formula is C17H13N3O3S. The van der Waals surface area contributed by atoms with Crippen LogP contribution in [0.1, 0.15) is 5.56 Å². The van der Waals surface area contributed by atoms with Gasteiger partial charge in [0, 0.05) is 19.2 Å². The number of carbonyl (C=O) groups is 1. The lowest BCUT2D eigenvalue weighted by Gasteiger charge is -1.95. The molecule has 24 heavy (non-hydrogen) atoms. The molecule has 0 spiro atoms. The fraction of sp³-hybridized carbons (Fsp3) is 0.0588. The summed E-state index contributed by atoms with van der Waals surface area (Å²) in [7, 11) is 1.84. The van der Waals surface area contributed by atoms with Crippen molar-refractivity contribution in [3.05, 3.63) is 75.1 Å². The predicted octanol–water partition coefficient (Wildman–Crippen LogP) is 3.29. The number of hydrogen-bond donors (Lipinski definition) is 0. The van der Waals surface area contributed by atoms with E-state index in [0.717, 1.165) is 10.2 Å². The van der Waals surface area contributed by atoms with Crippen molar-refractivity contribution < 1.29 is 9.72 Å². The van der Waals surface area contributed by atoms with Crippen molar-refractivity contribution in [2.24, 2.45) is 12.0 Å². The SMILES string of the molecule is Cn1c(=NC(=O)/C=C/c2ccccc2[N+](=O)[O-])sc2ccccc21. The summed E-state index contributed by atoms with van der Waals surface area (Å²) in [5.41, 5.74) is 1.32. The Balaban J connectivity index is 1.93. The topological polar surface area (TPSA) is 77.5 Å². The highest BCUT2D eigenvalue weighted by Gasteiger charge is 2.09. The number of nitro benzene ring substituents is 1. The molecule has 120 valence electrons. The number of aromatic nitrogens is 1. The van der Waals surface area contributed by atoms with Gasteiger partial charge in [0.2, 0.25) is 0 Å². The number of thiazole rings is 1. The number of rotatable bonds is 3. The Kier molecular flexibility index (Phi) is 4.35. The molecular weight excluding hydrogens is 326 g/mol. The molecule has 0 N–H and O–H groups in total. The number of carbonyl (C=O) groups excluding carboxylic acids is 1. The fourth-order valence-electron chi connectivity index (χ4n) is 2.28. The zero-order valence-corrected chi connectivity index (χ0v) is 13.6. The zero-order valence-electron chi connectivity index (χ0n) is 12.7. The molecule has 0 aliphatic carbocycles. The van der Waals surface area contributed by atoms with Gasteiger partial charge in [-0.05, 0) is 24.3 Å². The molecule has 2 aromatic carbocycles. The van der Waals surface area contributed by atoms with Gasteiger partial charge in [-0.25, -0.2) is 0 Å². The molecule has 0 aliphatic heterocycles. The van der Waals surface area contributed by atoms with Crippen LogP contribution in [0.5, 0.6) is 0 Å². The highest BCUT2D eigenvalue weighted by Crippen LogP contribution is 2.19. The van der Waals surface area contributed by atoms with E-state index in [9.17, 15) is 14.9 Å². The van der Waals surface area contributed by atoms with E-state index in [4.69, 9.17) is 0 Å². The fourth-order valence-corrected chi connectivity index (χ4v) is 3.30. The molecule has 0 bridgehead atoms. The van der Waals surface area contributed by atoms with Gasteiger partial charge in [0.05, 0.1) is 20.7 Å². The Bertz CT molecular complexity index is 1030. The number of nitro groups is 1. The monoisotopic (exact) mass is 339 g/mol. The summed E-state index contributed by atoms with van der Waals surface area (Å²) in [6.07, 6.45) is 2.66. The minimum Gasteiger partial charge on any atom is -0.319 e. The maximum atomic E-state index is 12.1. The normalized spacial score (nSPS) is 12.1. The summed E-state index contributed by atoms with van der Waals surface area (Å²) in [6, 6.07) is 14.0. The van der Waals surface area contributed by atoms with E-state index in [1.807, 2.05) is 35.9 Å². The van der Waals surface area contributed by atoms with Crippen LogP contribution in [0, 0.1) is 10.1 Å². The number of benzene rings is 2. The Morgan fingerprint density at radius 3 is 2.67 bits per heavy atom. The Labute approximate surface area is 141 Å². The van der Waals surface area contributed by atoms with Gasteiger partial charge >= 0.3 is 0 Å². The first-order chi connectivity index (χ1) is 11.6. The molecule has 0 fully saturated rings. The predicted molar refractivity (Wildman–Crippen MR) is 93.5 cm³/mol. The van der Waals surface area contributed by atoms with E-state index < -0.39 is 10.8 Å². The van der Waals surface area contributed by atoms with E-state index >= 15 is 0 Å². The lowest BCUT2D eigenvalue weighted by atomic mass is 10.1. The number of amides is 1. The quantitative estimate of drug-likeness (QED) is 0.417. The van der Waals surface area contributed by atoms with Crippen LogP contribution in [0.3, 0.4) is 0 Å². The smallest absolute Gasteiger partial charge is 0.276 e. The van der Waals surface area contributed by atoms with Crippen molar-refractivity contribution in [3.8, 4) is 0 Å². The maximum Gasteiger partial charge on any atom is 0.276 e.